The van der Waals surface area contributed by atoms with Gasteiger partial charge in [-0.25, -0.2) is 8.57 Å². The van der Waals surface area contributed by atoms with Crippen LogP contribution in [0.2, 0.25) is 0 Å². The van der Waals surface area contributed by atoms with Crippen molar-refractivity contribution in [3.05, 3.63) is 0 Å². The molecule has 1 unspecified atom stereocenters. The first-order valence-corrected chi connectivity index (χ1v) is 5.60. The molecule has 0 fully saturated rings. The minimum absolute atomic E-state index is 1.06. The van der Waals surface area contributed by atoms with Crippen molar-refractivity contribution in [3.63, 3.8) is 0 Å². The third-order valence-corrected chi connectivity index (χ3v) is 4.31. The lowest BCUT2D eigenvalue weighted by molar-refractivity contribution is -0.117. The van der Waals surface area contributed by atoms with Gasteiger partial charge in [-0.3, -0.25) is 0 Å². The second-order valence-electron chi connectivity index (χ2n) is 3.33. The zero-order chi connectivity index (χ0) is 11.6. The molecule has 0 aliphatic heterocycles. The molecule has 14 heavy (non-hydrogen) atoms. The molecule has 0 rings (SSSR count). The molecule has 0 aromatic carbocycles. The summed E-state index contributed by atoms with van der Waals surface area (Å²) >= 11 is 0. The van der Waals surface area contributed by atoms with Gasteiger partial charge >= 0.3 is 6.18 Å². The van der Waals surface area contributed by atoms with Gasteiger partial charge in [-0.05, 0) is 13.8 Å². The smallest absolute Gasteiger partial charge is 0.248 e. The molecule has 0 heterocycles. The molecule has 0 aliphatic carbocycles. The van der Waals surface area contributed by atoms with E-state index in [9.17, 15) is 17.4 Å². The van der Waals surface area contributed by atoms with Crippen molar-refractivity contribution in [1.29, 1.82) is 5.26 Å². The summed E-state index contributed by atoms with van der Waals surface area (Å²) in [7, 11) is -3.15. The Morgan fingerprint density at radius 2 is 1.86 bits per heavy atom. The molecule has 1 atom stereocenters. The van der Waals surface area contributed by atoms with Gasteiger partial charge in [0, 0.05) is 6.26 Å². The number of hydrogen-bond donors (Lipinski definition) is 0. The van der Waals surface area contributed by atoms with Crippen LogP contribution in [-0.4, -0.2) is 27.9 Å². The van der Waals surface area contributed by atoms with Gasteiger partial charge < -0.3 is 0 Å². The van der Waals surface area contributed by atoms with Gasteiger partial charge in [0.15, 0.2) is 0 Å². The van der Waals surface area contributed by atoms with Crippen LogP contribution in [0.3, 0.4) is 0 Å². The Bertz CT molecular complexity index is 358. The minimum Gasteiger partial charge on any atom is -0.248 e. The van der Waals surface area contributed by atoms with Crippen molar-refractivity contribution in [2.75, 3.05) is 12.8 Å². The van der Waals surface area contributed by atoms with Crippen LogP contribution < -0.4 is 0 Å². The fourth-order valence-electron chi connectivity index (χ4n) is 0.442. The summed E-state index contributed by atoms with van der Waals surface area (Å²) in [6.07, 6.45) is -3.42. The average molecular weight is 228 g/mol. The van der Waals surface area contributed by atoms with E-state index in [0.29, 0.717) is 0 Å². The van der Waals surface area contributed by atoms with E-state index >= 15 is 0 Å². The second kappa shape index (κ2) is 3.77. The van der Waals surface area contributed by atoms with Crippen molar-refractivity contribution in [3.8, 4) is 6.07 Å². The molecular weight excluding hydrogens is 217 g/mol. The zero-order valence-corrected chi connectivity index (χ0v) is 8.87. The van der Waals surface area contributed by atoms with Gasteiger partial charge in [0.25, 0.3) is 0 Å². The fourth-order valence-corrected chi connectivity index (χ4v) is 1.33. The Kier molecular flexibility index (Phi) is 3.56. The third-order valence-electron chi connectivity index (χ3n) is 1.71. The Morgan fingerprint density at radius 3 is 2.14 bits per heavy atom. The number of rotatable bonds is 2. The highest BCUT2D eigenvalue weighted by Gasteiger charge is 2.32. The molecule has 0 aliphatic rings. The molecular formula is C7H11F3N2OS. The van der Waals surface area contributed by atoms with Crippen molar-refractivity contribution in [2.45, 2.75) is 24.8 Å². The third kappa shape index (κ3) is 3.54. The number of halogens is 3. The van der Waals surface area contributed by atoms with Crippen LogP contribution in [0.25, 0.3) is 0 Å². The lowest BCUT2D eigenvalue weighted by Gasteiger charge is -2.17. The standard InChI is InChI=1S/C7H11F3N2OS/c1-6(2,4-11)14(3,13)12-5-7(8,9)10/h5H2,1-3H3. The summed E-state index contributed by atoms with van der Waals surface area (Å²) in [5.41, 5.74) is 0. The molecule has 0 aromatic heterocycles. The Balaban J connectivity index is 5.01. The van der Waals surface area contributed by atoms with Gasteiger partial charge in [0.05, 0.1) is 15.8 Å². The maximum absolute atomic E-state index is 11.8. The maximum atomic E-state index is 11.8. The molecule has 0 spiro atoms. The fraction of sp³-hybridized carbons (Fsp3) is 0.857. The maximum Gasteiger partial charge on any atom is 0.408 e. The molecule has 0 amide bonds. The number of hydrogen-bond acceptors (Lipinski definition) is 3. The topological polar surface area (TPSA) is 53.2 Å². The van der Waals surface area contributed by atoms with Crippen LogP contribution in [0, 0.1) is 11.3 Å². The van der Waals surface area contributed by atoms with Crippen LogP contribution in [0.4, 0.5) is 13.2 Å². The SMILES string of the molecule is CC(C)(C#N)S(C)(=O)=NCC(F)(F)F. The van der Waals surface area contributed by atoms with Gasteiger partial charge in [-0.15, -0.1) is 0 Å². The average Bonchev–Trinajstić information content (AvgIpc) is 1.99. The van der Waals surface area contributed by atoms with Crippen molar-refractivity contribution in [2.24, 2.45) is 4.36 Å². The summed E-state index contributed by atoms with van der Waals surface area (Å²) < 4.78 is 48.6. The first-order chi connectivity index (χ1) is 6.02. The molecule has 0 saturated carbocycles. The largest absolute Gasteiger partial charge is 0.408 e. The monoisotopic (exact) mass is 228 g/mol. The van der Waals surface area contributed by atoms with Gasteiger partial charge in [-0.1, -0.05) is 0 Å². The number of nitriles is 1. The van der Waals surface area contributed by atoms with Gasteiger partial charge in [-0.2, -0.15) is 18.4 Å². The minimum atomic E-state index is -4.48. The van der Waals surface area contributed by atoms with Crippen molar-refractivity contribution < 1.29 is 17.4 Å². The quantitative estimate of drug-likeness (QED) is 0.725. The molecule has 0 saturated heterocycles. The van der Waals surface area contributed by atoms with E-state index in [1.807, 2.05) is 0 Å². The summed E-state index contributed by atoms with van der Waals surface area (Å²) in [4.78, 5) is 0. The normalized spacial score (nSPS) is 16.9. The summed E-state index contributed by atoms with van der Waals surface area (Å²) in [6, 6.07) is 1.68. The van der Waals surface area contributed by atoms with E-state index in [2.05, 4.69) is 4.36 Å². The first-order valence-electron chi connectivity index (χ1n) is 3.67. The van der Waals surface area contributed by atoms with Crippen molar-refractivity contribution in [1.82, 2.24) is 0 Å². The summed E-state index contributed by atoms with van der Waals surface area (Å²) in [5, 5.41) is 8.59. The lowest BCUT2D eigenvalue weighted by atomic mass is 10.2. The number of nitrogens with zero attached hydrogens (tertiary/aromatic N) is 2. The highest BCUT2D eigenvalue weighted by atomic mass is 32.2. The molecule has 0 bridgehead atoms. The Labute approximate surface area is 81.1 Å². The first kappa shape index (κ1) is 13.2. The Morgan fingerprint density at radius 1 is 1.43 bits per heavy atom. The molecule has 82 valence electrons. The molecule has 0 N–H and O–H groups in total. The van der Waals surface area contributed by atoms with Crippen LogP contribution in [0.1, 0.15) is 13.8 Å². The summed E-state index contributed by atoms with van der Waals surface area (Å²) in [5.74, 6) is 0. The van der Waals surface area contributed by atoms with E-state index in [1.54, 1.807) is 6.07 Å². The van der Waals surface area contributed by atoms with Gasteiger partial charge in [0.2, 0.25) is 0 Å². The second-order valence-corrected chi connectivity index (χ2v) is 6.21. The molecule has 0 radical (unpaired) electrons. The molecule has 7 heteroatoms. The van der Waals surface area contributed by atoms with Crippen LogP contribution in [0.15, 0.2) is 4.36 Å². The number of alkyl halides is 3. The highest BCUT2D eigenvalue weighted by molar-refractivity contribution is 7.94. The molecule has 0 aromatic rings. The van der Waals surface area contributed by atoms with Gasteiger partial charge in [0.1, 0.15) is 11.3 Å². The van der Waals surface area contributed by atoms with Crippen molar-refractivity contribution >= 4 is 9.73 Å². The van der Waals surface area contributed by atoms with E-state index in [-0.39, 0.29) is 0 Å². The van der Waals surface area contributed by atoms with Crippen LogP contribution in [0.5, 0.6) is 0 Å². The van der Waals surface area contributed by atoms with Crippen LogP contribution in [-0.2, 0) is 9.73 Å². The predicted octanol–water partition coefficient (Wildman–Crippen LogP) is 1.95. The van der Waals surface area contributed by atoms with E-state index in [4.69, 9.17) is 5.26 Å². The molecule has 3 nitrogen and oxygen atoms in total. The van der Waals surface area contributed by atoms with E-state index in [1.165, 1.54) is 13.8 Å². The van der Waals surface area contributed by atoms with E-state index in [0.717, 1.165) is 6.26 Å². The highest BCUT2D eigenvalue weighted by Crippen LogP contribution is 2.20. The predicted molar refractivity (Wildman–Crippen MR) is 47.1 cm³/mol. The summed E-state index contributed by atoms with van der Waals surface area (Å²) in [6.45, 7) is 1.12. The van der Waals surface area contributed by atoms with E-state index < -0.39 is 27.2 Å². The Hall–Kier alpha value is -0.770. The lowest BCUT2D eigenvalue weighted by Crippen LogP contribution is -2.29. The van der Waals surface area contributed by atoms with Crippen LogP contribution >= 0.6 is 0 Å². The zero-order valence-electron chi connectivity index (χ0n) is 8.05.